The number of imidazole rings is 1. The minimum absolute atomic E-state index is 0.0154. The van der Waals surface area contributed by atoms with Crippen LogP contribution in [0.1, 0.15) is 35.2 Å². The lowest BCUT2D eigenvalue weighted by Crippen LogP contribution is -2.57. The fourth-order valence-corrected chi connectivity index (χ4v) is 4.65. The molecule has 0 bridgehead atoms. The van der Waals surface area contributed by atoms with Crippen LogP contribution >= 0.6 is 11.6 Å². The number of carbonyl (C=O) groups is 3. The van der Waals surface area contributed by atoms with Gasteiger partial charge in [0.15, 0.2) is 0 Å². The topological polar surface area (TPSA) is 95.8 Å². The van der Waals surface area contributed by atoms with Gasteiger partial charge in [0.25, 0.3) is 5.91 Å². The number of hydrogen-bond donors (Lipinski definition) is 2. The molecule has 1 saturated heterocycles. The Bertz CT molecular complexity index is 1330. The van der Waals surface area contributed by atoms with E-state index in [-0.39, 0.29) is 24.0 Å². The summed E-state index contributed by atoms with van der Waals surface area (Å²) in [6.45, 7) is 1.36. The number of nitrogens with zero attached hydrogens (tertiary/aromatic N) is 3. The van der Waals surface area contributed by atoms with Gasteiger partial charge in [0.1, 0.15) is 11.9 Å². The van der Waals surface area contributed by atoms with Crippen molar-refractivity contribution in [2.75, 3.05) is 13.1 Å². The van der Waals surface area contributed by atoms with Crippen molar-refractivity contribution < 1.29 is 31.9 Å². The molecule has 2 aromatic heterocycles. The molecular formula is C24H22ClF4N5O3. The summed E-state index contributed by atoms with van der Waals surface area (Å²) in [5.74, 6) is -4.57. The number of piperidine rings is 1. The maximum absolute atomic E-state index is 14.1. The molecule has 1 fully saturated rings. The standard InChI is InChI=1S/C24H22ClF4N5O3/c1-13(31-23(37)24(27,28)29)21(35)32-19-11-33(6-4-17(19)14-7-15(25)9-16(26)8-14)22(36)18-3-2-5-34-12-30-10-20(18)34/h2-3,5,7-10,12-13,17,19H,4,6,11H2,1H3,(H,31,37)(H,32,35)/t13-,17-,19+/m0/s1. The number of pyridine rings is 1. The number of aromatic nitrogens is 2. The van der Waals surface area contributed by atoms with Crippen LogP contribution < -0.4 is 10.6 Å². The maximum Gasteiger partial charge on any atom is 0.471 e. The second-order valence-electron chi connectivity index (χ2n) is 8.77. The van der Waals surface area contributed by atoms with Crippen molar-refractivity contribution in [1.29, 1.82) is 0 Å². The molecule has 3 heterocycles. The number of fused-ring (bicyclic) bond motifs is 1. The predicted octanol–water partition coefficient (Wildman–Crippen LogP) is 3.31. The van der Waals surface area contributed by atoms with E-state index in [4.69, 9.17) is 11.6 Å². The molecule has 0 aliphatic carbocycles. The van der Waals surface area contributed by atoms with Gasteiger partial charge in [-0.1, -0.05) is 11.6 Å². The minimum Gasteiger partial charge on any atom is -0.349 e. The van der Waals surface area contributed by atoms with Crippen molar-refractivity contribution in [3.8, 4) is 0 Å². The van der Waals surface area contributed by atoms with Crippen LogP contribution in [0.25, 0.3) is 5.52 Å². The van der Waals surface area contributed by atoms with Crippen molar-refractivity contribution in [1.82, 2.24) is 24.9 Å². The molecule has 1 aromatic carbocycles. The van der Waals surface area contributed by atoms with E-state index in [2.05, 4.69) is 10.3 Å². The van der Waals surface area contributed by atoms with Gasteiger partial charge in [-0.15, -0.1) is 0 Å². The van der Waals surface area contributed by atoms with Gasteiger partial charge in [-0.05, 0) is 49.2 Å². The number of carbonyl (C=O) groups excluding carboxylic acids is 3. The lowest BCUT2D eigenvalue weighted by Gasteiger charge is -2.39. The fraction of sp³-hybridized carbons (Fsp3) is 0.333. The molecule has 0 saturated carbocycles. The molecule has 37 heavy (non-hydrogen) atoms. The number of amides is 3. The predicted molar refractivity (Wildman–Crippen MR) is 125 cm³/mol. The summed E-state index contributed by atoms with van der Waals surface area (Å²) in [4.78, 5) is 43.0. The lowest BCUT2D eigenvalue weighted by atomic mass is 9.84. The molecule has 3 atom stereocenters. The van der Waals surface area contributed by atoms with Gasteiger partial charge in [-0.25, -0.2) is 9.37 Å². The highest BCUT2D eigenvalue weighted by Gasteiger charge is 2.41. The minimum atomic E-state index is -5.15. The largest absolute Gasteiger partial charge is 0.471 e. The zero-order chi connectivity index (χ0) is 26.9. The third-order valence-corrected chi connectivity index (χ3v) is 6.44. The van der Waals surface area contributed by atoms with Crippen LogP contribution in [-0.2, 0) is 9.59 Å². The summed E-state index contributed by atoms with van der Waals surface area (Å²) in [6, 6.07) is 4.92. The van der Waals surface area contributed by atoms with Gasteiger partial charge < -0.3 is 19.9 Å². The van der Waals surface area contributed by atoms with Crippen LogP contribution in [0.15, 0.2) is 49.1 Å². The van der Waals surface area contributed by atoms with E-state index in [9.17, 15) is 31.9 Å². The molecule has 13 heteroatoms. The third kappa shape index (κ3) is 5.85. The van der Waals surface area contributed by atoms with Gasteiger partial charge in [-0.2, -0.15) is 13.2 Å². The van der Waals surface area contributed by atoms with E-state index in [1.54, 1.807) is 40.6 Å². The van der Waals surface area contributed by atoms with Crippen molar-refractivity contribution in [2.24, 2.45) is 0 Å². The Morgan fingerprint density at radius 1 is 1.22 bits per heavy atom. The number of likely N-dealkylation sites (tertiary alicyclic amines) is 1. The Labute approximate surface area is 213 Å². The van der Waals surface area contributed by atoms with Crippen molar-refractivity contribution in [3.63, 3.8) is 0 Å². The number of halogens is 5. The number of alkyl halides is 3. The van der Waals surface area contributed by atoms with Gasteiger partial charge >= 0.3 is 12.1 Å². The molecule has 2 N–H and O–H groups in total. The SMILES string of the molecule is C[C@H](NC(=O)C(F)(F)F)C(=O)N[C@@H]1CN(C(=O)c2cccn3cncc23)CC[C@H]1c1cc(F)cc(Cl)c1. The molecule has 1 aliphatic rings. The summed E-state index contributed by atoms with van der Waals surface area (Å²) in [5, 5.41) is 4.38. The summed E-state index contributed by atoms with van der Waals surface area (Å²) >= 11 is 6.02. The first kappa shape index (κ1) is 26.4. The van der Waals surface area contributed by atoms with Crippen LogP contribution in [0.4, 0.5) is 17.6 Å². The van der Waals surface area contributed by atoms with Crippen LogP contribution in [0.2, 0.25) is 5.02 Å². The molecule has 4 rings (SSSR count). The molecule has 1 aliphatic heterocycles. The summed E-state index contributed by atoms with van der Waals surface area (Å²) < 4.78 is 53.7. The van der Waals surface area contributed by atoms with Gasteiger partial charge in [0.2, 0.25) is 5.91 Å². The Hall–Kier alpha value is -3.67. The van der Waals surface area contributed by atoms with E-state index >= 15 is 0 Å². The zero-order valence-corrected chi connectivity index (χ0v) is 20.2. The average molecular weight is 540 g/mol. The Morgan fingerprint density at radius 3 is 2.68 bits per heavy atom. The first-order chi connectivity index (χ1) is 17.4. The fourth-order valence-electron chi connectivity index (χ4n) is 4.42. The Kier molecular flexibility index (Phi) is 7.39. The van der Waals surface area contributed by atoms with Crippen molar-refractivity contribution >= 4 is 34.8 Å². The van der Waals surface area contributed by atoms with E-state index in [0.717, 1.165) is 13.0 Å². The van der Waals surface area contributed by atoms with Crippen LogP contribution in [0.3, 0.4) is 0 Å². The van der Waals surface area contributed by atoms with Gasteiger partial charge in [0.05, 0.1) is 29.6 Å². The van der Waals surface area contributed by atoms with E-state index in [1.165, 1.54) is 17.0 Å². The molecule has 196 valence electrons. The average Bonchev–Trinajstić information content (AvgIpc) is 3.31. The normalized spacial score (nSPS) is 18.9. The number of hydrogen-bond acceptors (Lipinski definition) is 4. The first-order valence-electron chi connectivity index (χ1n) is 11.3. The highest BCUT2D eigenvalue weighted by atomic mass is 35.5. The van der Waals surface area contributed by atoms with Crippen LogP contribution in [0.5, 0.6) is 0 Å². The lowest BCUT2D eigenvalue weighted by molar-refractivity contribution is -0.174. The summed E-state index contributed by atoms with van der Waals surface area (Å²) in [5.41, 5.74) is 1.42. The molecular weight excluding hydrogens is 518 g/mol. The monoisotopic (exact) mass is 539 g/mol. The smallest absolute Gasteiger partial charge is 0.349 e. The second-order valence-corrected chi connectivity index (χ2v) is 9.20. The molecule has 0 radical (unpaired) electrons. The van der Waals surface area contributed by atoms with E-state index in [0.29, 0.717) is 23.1 Å². The highest BCUT2D eigenvalue weighted by Crippen LogP contribution is 2.32. The van der Waals surface area contributed by atoms with E-state index < -0.39 is 41.8 Å². The third-order valence-electron chi connectivity index (χ3n) is 6.22. The van der Waals surface area contributed by atoms with Crippen LogP contribution in [-0.4, -0.2) is 63.4 Å². The van der Waals surface area contributed by atoms with Crippen molar-refractivity contribution in [3.05, 3.63) is 71.0 Å². The van der Waals surface area contributed by atoms with E-state index in [1.807, 2.05) is 0 Å². The summed E-state index contributed by atoms with van der Waals surface area (Å²) in [6.07, 6.45) is -0.0241. The van der Waals surface area contributed by atoms with Gasteiger partial charge in [0, 0.05) is 30.2 Å². The second kappa shape index (κ2) is 10.4. The Morgan fingerprint density at radius 2 is 1.97 bits per heavy atom. The zero-order valence-electron chi connectivity index (χ0n) is 19.4. The maximum atomic E-state index is 14.1. The molecule has 0 unspecified atom stereocenters. The molecule has 3 amide bonds. The summed E-state index contributed by atoms with van der Waals surface area (Å²) in [7, 11) is 0. The number of nitrogens with one attached hydrogen (secondary N) is 2. The van der Waals surface area contributed by atoms with Crippen molar-refractivity contribution in [2.45, 2.75) is 37.5 Å². The molecule has 0 spiro atoms. The van der Waals surface area contributed by atoms with Gasteiger partial charge in [-0.3, -0.25) is 14.4 Å². The molecule has 8 nitrogen and oxygen atoms in total. The first-order valence-corrected chi connectivity index (χ1v) is 11.7. The number of rotatable bonds is 5. The number of benzene rings is 1. The highest BCUT2D eigenvalue weighted by molar-refractivity contribution is 6.30. The quantitative estimate of drug-likeness (QED) is 0.486. The molecule has 3 aromatic rings. The Balaban J connectivity index is 1.59. The van der Waals surface area contributed by atoms with Crippen LogP contribution in [0, 0.1) is 5.82 Å².